The molecule has 0 unspecified atom stereocenters. The summed E-state index contributed by atoms with van der Waals surface area (Å²) in [5.41, 5.74) is 1.63. The number of rotatable bonds is 3. The Labute approximate surface area is 140 Å². The molecule has 0 aliphatic carbocycles. The van der Waals surface area contributed by atoms with Crippen LogP contribution in [0.2, 0.25) is 0 Å². The third-order valence-corrected chi connectivity index (χ3v) is 4.85. The van der Waals surface area contributed by atoms with Crippen LogP contribution in [0.4, 0.5) is 0 Å². The van der Waals surface area contributed by atoms with Crippen molar-refractivity contribution in [2.45, 2.75) is 25.2 Å². The molecule has 1 fully saturated rings. The SMILES string of the molecule is CC1(c2ccccc2)CCN(C(=O)c2cc(C(=O)O)ccn2)CC1. The lowest BCUT2D eigenvalue weighted by atomic mass is 9.74. The van der Waals surface area contributed by atoms with E-state index in [2.05, 4.69) is 24.0 Å². The summed E-state index contributed by atoms with van der Waals surface area (Å²) in [6.45, 7) is 3.51. The standard InChI is InChI=1S/C19H20N2O3/c1-19(15-5-3-2-4-6-15)8-11-21(12-9-19)17(22)16-13-14(18(23)24)7-10-20-16/h2-7,10,13H,8-9,11-12H2,1H3,(H,23,24). The lowest BCUT2D eigenvalue weighted by Gasteiger charge is -2.39. The lowest BCUT2D eigenvalue weighted by molar-refractivity contribution is 0.0670. The Morgan fingerprint density at radius 3 is 2.42 bits per heavy atom. The van der Waals surface area contributed by atoms with E-state index in [1.54, 1.807) is 4.90 Å². The first kappa shape index (κ1) is 16.2. The van der Waals surface area contributed by atoms with Crippen molar-refractivity contribution in [1.82, 2.24) is 9.88 Å². The number of likely N-dealkylation sites (tertiary alicyclic amines) is 1. The molecular formula is C19H20N2O3. The van der Waals surface area contributed by atoms with Crippen molar-refractivity contribution >= 4 is 11.9 Å². The maximum absolute atomic E-state index is 12.6. The Bertz CT molecular complexity index is 750. The van der Waals surface area contributed by atoms with Gasteiger partial charge in [0, 0.05) is 19.3 Å². The van der Waals surface area contributed by atoms with Gasteiger partial charge in [-0.15, -0.1) is 0 Å². The smallest absolute Gasteiger partial charge is 0.335 e. The summed E-state index contributed by atoms with van der Waals surface area (Å²) in [6, 6.07) is 13.1. The average Bonchev–Trinajstić information content (AvgIpc) is 2.62. The van der Waals surface area contributed by atoms with E-state index in [0.717, 1.165) is 12.8 Å². The number of pyridine rings is 1. The van der Waals surface area contributed by atoms with Gasteiger partial charge in [-0.1, -0.05) is 37.3 Å². The van der Waals surface area contributed by atoms with Crippen molar-refractivity contribution in [2.24, 2.45) is 0 Å². The van der Waals surface area contributed by atoms with Gasteiger partial charge in [-0.05, 0) is 36.0 Å². The van der Waals surface area contributed by atoms with Crippen LogP contribution in [-0.4, -0.2) is 40.0 Å². The number of carbonyl (C=O) groups is 2. The Hall–Kier alpha value is -2.69. The van der Waals surface area contributed by atoms with Gasteiger partial charge in [0.1, 0.15) is 5.69 Å². The van der Waals surface area contributed by atoms with E-state index in [4.69, 9.17) is 5.11 Å². The molecule has 1 amide bonds. The third kappa shape index (κ3) is 3.15. The van der Waals surface area contributed by atoms with E-state index in [9.17, 15) is 9.59 Å². The van der Waals surface area contributed by atoms with Gasteiger partial charge >= 0.3 is 5.97 Å². The number of carboxylic acids is 1. The summed E-state index contributed by atoms with van der Waals surface area (Å²) in [5.74, 6) is -1.25. The Kier molecular flexibility index (Phi) is 4.34. The minimum absolute atomic E-state index is 0.0639. The monoisotopic (exact) mass is 324 g/mol. The largest absolute Gasteiger partial charge is 0.478 e. The molecule has 1 aliphatic rings. The normalized spacial score (nSPS) is 16.6. The van der Waals surface area contributed by atoms with Gasteiger partial charge in [0.15, 0.2) is 0 Å². The minimum atomic E-state index is -1.05. The van der Waals surface area contributed by atoms with Gasteiger partial charge < -0.3 is 10.0 Å². The van der Waals surface area contributed by atoms with Gasteiger partial charge in [0.25, 0.3) is 5.91 Å². The summed E-state index contributed by atoms with van der Waals surface area (Å²) >= 11 is 0. The second-order valence-corrected chi connectivity index (χ2v) is 6.45. The molecule has 124 valence electrons. The van der Waals surface area contributed by atoms with E-state index < -0.39 is 5.97 Å². The molecule has 1 N–H and O–H groups in total. The molecule has 1 aromatic carbocycles. The second kappa shape index (κ2) is 6.43. The predicted molar refractivity (Wildman–Crippen MR) is 90.1 cm³/mol. The summed E-state index contributed by atoms with van der Waals surface area (Å²) in [6.07, 6.45) is 3.12. The maximum atomic E-state index is 12.6. The number of piperidine rings is 1. The summed E-state index contributed by atoms with van der Waals surface area (Å²) < 4.78 is 0. The average molecular weight is 324 g/mol. The highest BCUT2D eigenvalue weighted by Crippen LogP contribution is 2.35. The van der Waals surface area contributed by atoms with Crippen molar-refractivity contribution in [1.29, 1.82) is 0 Å². The first-order chi connectivity index (χ1) is 11.5. The predicted octanol–water partition coefficient (Wildman–Crippen LogP) is 2.97. The van der Waals surface area contributed by atoms with Gasteiger partial charge in [-0.2, -0.15) is 0 Å². The van der Waals surface area contributed by atoms with E-state index >= 15 is 0 Å². The number of aromatic carboxylic acids is 1. The van der Waals surface area contributed by atoms with Crippen LogP contribution >= 0.6 is 0 Å². The van der Waals surface area contributed by atoms with Crippen molar-refractivity contribution in [2.75, 3.05) is 13.1 Å². The fraction of sp³-hybridized carbons (Fsp3) is 0.316. The molecule has 0 saturated carbocycles. The zero-order valence-electron chi connectivity index (χ0n) is 13.6. The first-order valence-electron chi connectivity index (χ1n) is 8.04. The molecule has 1 saturated heterocycles. The van der Waals surface area contributed by atoms with E-state index in [1.165, 1.54) is 23.9 Å². The molecule has 0 spiro atoms. The third-order valence-electron chi connectivity index (χ3n) is 4.85. The van der Waals surface area contributed by atoms with Crippen LogP contribution in [0, 0.1) is 0 Å². The fourth-order valence-corrected chi connectivity index (χ4v) is 3.18. The number of carbonyl (C=O) groups excluding carboxylic acids is 1. The molecule has 1 aromatic heterocycles. The van der Waals surface area contributed by atoms with Crippen LogP contribution in [0.1, 0.15) is 46.2 Å². The highest BCUT2D eigenvalue weighted by atomic mass is 16.4. The minimum Gasteiger partial charge on any atom is -0.478 e. The highest BCUT2D eigenvalue weighted by Gasteiger charge is 2.33. The topological polar surface area (TPSA) is 70.5 Å². The Morgan fingerprint density at radius 1 is 1.12 bits per heavy atom. The summed E-state index contributed by atoms with van der Waals surface area (Å²) in [5, 5.41) is 9.04. The van der Waals surface area contributed by atoms with Gasteiger partial charge in [0.05, 0.1) is 5.56 Å². The van der Waals surface area contributed by atoms with Crippen molar-refractivity contribution in [3.8, 4) is 0 Å². The van der Waals surface area contributed by atoms with E-state index in [1.807, 2.05) is 18.2 Å². The number of benzene rings is 1. The molecule has 1 aliphatic heterocycles. The molecular weight excluding hydrogens is 304 g/mol. The molecule has 3 rings (SSSR count). The van der Waals surface area contributed by atoms with Gasteiger partial charge in [-0.3, -0.25) is 9.78 Å². The lowest BCUT2D eigenvalue weighted by Crippen LogP contribution is -2.44. The van der Waals surface area contributed by atoms with Crippen LogP contribution < -0.4 is 0 Å². The summed E-state index contributed by atoms with van der Waals surface area (Å²) in [4.78, 5) is 29.4. The Morgan fingerprint density at radius 2 is 1.79 bits per heavy atom. The van der Waals surface area contributed by atoms with E-state index in [0.29, 0.717) is 13.1 Å². The second-order valence-electron chi connectivity index (χ2n) is 6.45. The number of carboxylic acid groups (broad SMARTS) is 1. The van der Waals surface area contributed by atoms with Crippen LogP contribution in [-0.2, 0) is 5.41 Å². The molecule has 0 radical (unpaired) electrons. The fourth-order valence-electron chi connectivity index (χ4n) is 3.18. The van der Waals surface area contributed by atoms with Crippen LogP contribution in [0.25, 0.3) is 0 Å². The zero-order valence-corrected chi connectivity index (χ0v) is 13.6. The van der Waals surface area contributed by atoms with E-state index in [-0.39, 0.29) is 22.6 Å². The quantitative estimate of drug-likeness (QED) is 0.942. The van der Waals surface area contributed by atoms with Crippen molar-refractivity contribution in [3.63, 3.8) is 0 Å². The number of amides is 1. The van der Waals surface area contributed by atoms with Gasteiger partial charge in [-0.25, -0.2) is 4.79 Å². The van der Waals surface area contributed by atoms with Crippen LogP contribution in [0.3, 0.4) is 0 Å². The molecule has 24 heavy (non-hydrogen) atoms. The van der Waals surface area contributed by atoms with Crippen LogP contribution in [0.5, 0.6) is 0 Å². The van der Waals surface area contributed by atoms with Crippen LogP contribution in [0.15, 0.2) is 48.7 Å². The zero-order chi connectivity index (χ0) is 17.2. The molecule has 0 atom stereocenters. The number of nitrogens with zero attached hydrogens (tertiary/aromatic N) is 2. The number of hydrogen-bond donors (Lipinski definition) is 1. The first-order valence-corrected chi connectivity index (χ1v) is 8.04. The maximum Gasteiger partial charge on any atom is 0.335 e. The van der Waals surface area contributed by atoms with Gasteiger partial charge in [0.2, 0.25) is 0 Å². The highest BCUT2D eigenvalue weighted by molar-refractivity contribution is 5.95. The van der Waals surface area contributed by atoms with Crippen molar-refractivity contribution in [3.05, 3.63) is 65.5 Å². The molecule has 5 heteroatoms. The summed E-state index contributed by atoms with van der Waals surface area (Å²) in [7, 11) is 0. The number of hydrogen-bond acceptors (Lipinski definition) is 3. The molecule has 2 aromatic rings. The number of aromatic nitrogens is 1. The molecule has 0 bridgehead atoms. The molecule has 2 heterocycles. The van der Waals surface area contributed by atoms with Crippen molar-refractivity contribution < 1.29 is 14.7 Å². The molecule has 5 nitrogen and oxygen atoms in total. The Balaban J connectivity index is 1.72.